The van der Waals surface area contributed by atoms with Gasteiger partial charge in [-0.1, -0.05) is 0 Å². The van der Waals surface area contributed by atoms with Crippen LogP contribution in [0.3, 0.4) is 0 Å². The van der Waals surface area contributed by atoms with E-state index in [0.29, 0.717) is 6.54 Å². The van der Waals surface area contributed by atoms with Crippen molar-refractivity contribution < 1.29 is 14.3 Å². The molecule has 0 aliphatic heterocycles. The minimum Gasteiger partial charge on any atom is -0.461 e. The fraction of sp³-hybridized carbons (Fsp3) is 0.333. The molecule has 0 aliphatic rings. The van der Waals surface area contributed by atoms with E-state index in [2.05, 4.69) is 15.2 Å². The van der Waals surface area contributed by atoms with E-state index in [9.17, 15) is 9.59 Å². The molecule has 0 fully saturated rings. The van der Waals surface area contributed by atoms with Crippen LogP contribution in [0.25, 0.3) is 0 Å². The summed E-state index contributed by atoms with van der Waals surface area (Å²) < 4.78 is 4.84. The van der Waals surface area contributed by atoms with Crippen molar-refractivity contribution in [3.05, 3.63) is 34.0 Å². The molecule has 2 rings (SSSR count). The summed E-state index contributed by atoms with van der Waals surface area (Å²) in [5.74, 6) is -0.757. The normalized spacial score (nSPS) is 10.3. The van der Waals surface area contributed by atoms with Gasteiger partial charge in [0.25, 0.3) is 5.91 Å². The third-order valence-corrected chi connectivity index (χ3v) is 3.32. The van der Waals surface area contributed by atoms with Crippen molar-refractivity contribution in [2.24, 2.45) is 0 Å². The predicted molar refractivity (Wildman–Crippen MR) is 72.5 cm³/mol. The molecule has 20 heavy (non-hydrogen) atoms. The van der Waals surface area contributed by atoms with Crippen LogP contribution in [-0.4, -0.2) is 45.6 Å². The first kappa shape index (κ1) is 14.2. The number of hydrogen-bond donors (Lipinski definition) is 1. The van der Waals surface area contributed by atoms with Crippen LogP contribution < -0.4 is 0 Å². The number of carbonyl (C=O) groups excluding carboxylic acids is 2. The number of esters is 1. The Kier molecular flexibility index (Phi) is 4.46. The summed E-state index contributed by atoms with van der Waals surface area (Å²) in [6, 6.07) is 0. The maximum Gasteiger partial charge on any atom is 0.367 e. The highest BCUT2D eigenvalue weighted by Gasteiger charge is 2.19. The lowest BCUT2D eigenvalue weighted by Gasteiger charge is -2.14. The summed E-state index contributed by atoms with van der Waals surface area (Å²) in [4.78, 5) is 29.2. The lowest BCUT2D eigenvalue weighted by Crippen LogP contribution is -2.26. The fourth-order valence-corrected chi connectivity index (χ4v) is 2.25. The fourth-order valence-electron chi connectivity index (χ4n) is 1.56. The summed E-state index contributed by atoms with van der Waals surface area (Å²) in [5, 5.41) is 8.24. The van der Waals surface area contributed by atoms with Gasteiger partial charge in [0, 0.05) is 30.7 Å². The van der Waals surface area contributed by atoms with Gasteiger partial charge in [-0.05, 0) is 6.92 Å². The van der Waals surface area contributed by atoms with Gasteiger partial charge in [-0.2, -0.15) is 5.10 Å². The summed E-state index contributed by atoms with van der Waals surface area (Å²) in [7, 11) is 1.67. The van der Waals surface area contributed by atoms with E-state index < -0.39 is 5.97 Å². The van der Waals surface area contributed by atoms with E-state index in [4.69, 9.17) is 4.74 Å². The van der Waals surface area contributed by atoms with Gasteiger partial charge in [0.2, 0.25) is 5.01 Å². The molecule has 7 nitrogen and oxygen atoms in total. The van der Waals surface area contributed by atoms with Gasteiger partial charge in [0.1, 0.15) is 5.69 Å². The third-order valence-electron chi connectivity index (χ3n) is 2.49. The van der Waals surface area contributed by atoms with Crippen LogP contribution in [-0.2, 0) is 11.3 Å². The molecule has 0 saturated carbocycles. The second-order valence-corrected chi connectivity index (χ2v) is 4.88. The molecule has 0 radical (unpaired) electrons. The van der Waals surface area contributed by atoms with Crippen molar-refractivity contribution in [2.45, 2.75) is 13.5 Å². The van der Waals surface area contributed by atoms with Gasteiger partial charge in [-0.3, -0.25) is 9.89 Å². The Hall–Kier alpha value is -2.22. The average molecular weight is 294 g/mol. The zero-order chi connectivity index (χ0) is 14.5. The van der Waals surface area contributed by atoms with Crippen molar-refractivity contribution in [3.8, 4) is 0 Å². The molecule has 2 aromatic rings. The first-order valence-electron chi connectivity index (χ1n) is 5.97. The van der Waals surface area contributed by atoms with E-state index in [0.717, 1.165) is 16.9 Å². The lowest BCUT2D eigenvalue weighted by atomic mass is 10.3. The average Bonchev–Trinajstić information content (AvgIpc) is 3.09. The number of aromatic nitrogens is 3. The number of carbonyl (C=O) groups is 2. The molecule has 8 heteroatoms. The molecular formula is C12H14N4O3S. The van der Waals surface area contributed by atoms with Gasteiger partial charge in [0.15, 0.2) is 0 Å². The van der Waals surface area contributed by atoms with Crippen LogP contribution in [0, 0.1) is 0 Å². The summed E-state index contributed by atoms with van der Waals surface area (Å²) >= 11 is 1.10. The molecule has 1 amide bonds. The molecule has 2 heterocycles. The maximum absolute atomic E-state index is 12.2. The minimum atomic E-state index is -0.506. The number of H-pyrrole nitrogens is 1. The molecule has 2 aromatic heterocycles. The van der Waals surface area contributed by atoms with Gasteiger partial charge in [0.05, 0.1) is 12.8 Å². The van der Waals surface area contributed by atoms with Crippen LogP contribution in [0.1, 0.15) is 32.8 Å². The Morgan fingerprint density at radius 3 is 2.95 bits per heavy atom. The largest absolute Gasteiger partial charge is 0.461 e. The molecular weight excluding hydrogens is 280 g/mol. The highest BCUT2D eigenvalue weighted by Crippen LogP contribution is 2.13. The molecule has 1 N–H and O–H groups in total. The lowest BCUT2D eigenvalue weighted by molar-refractivity contribution is 0.0526. The second-order valence-electron chi connectivity index (χ2n) is 4.03. The van der Waals surface area contributed by atoms with Crippen molar-refractivity contribution in [3.63, 3.8) is 0 Å². The number of rotatable bonds is 5. The zero-order valence-corrected chi connectivity index (χ0v) is 11.9. The van der Waals surface area contributed by atoms with Crippen LogP contribution in [0.15, 0.2) is 17.8 Å². The molecule has 0 aliphatic carbocycles. The van der Waals surface area contributed by atoms with Crippen molar-refractivity contribution >= 4 is 23.2 Å². The molecule has 0 saturated heterocycles. The number of thiazole rings is 1. The number of nitrogens with one attached hydrogen (secondary N) is 1. The standard InChI is InChI=1S/C12H14N4O3S/c1-3-19-12(18)10-15-9(7-20-10)11(17)16(2)6-8-4-13-14-5-8/h4-5,7H,3,6H2,1-2H3,(H,13,14). The Bertz CT molecular complexity index is 594. The van der Waals surface area contributed by atoms with Crippen LogP contribution in [0.5, 0.6) is 0 Å². The van der Waals surface area contributed by atoms with E-state index in [1.807, 2.05) is 0 Å². The van der Waals surface area contributed by atoms with Gasteiger partial charge in [-0.25, -0.2) is 9.78 Å². The van der Waals surface area contributed by atoms with Crippen molar-refractivity contribution in [1.29, 1.82) is 0 Å². The van der Waals surface area contributed by atoms with E-state index in [-0.39, 0.29) is 23.2 Å². The van der Waals surface area contributed by atoms with E-state index in [1.54, 1.807) is 31.7 Å². The maximum atomic E-state index is 12.2. The molecule has 0 unspecified atom stereocenters. The molecule has 106 valence electrons. The van der Waals surface area contributed by atoms with Gasteiger partial charge in [-0.15, -0.1) is 11.3 Å². The number of hydrogen-bond acceptors (Lipinski definition) is 6. The van der Waals surface area contributed by atoms with E-state index in [1.165, 1.54) is 4.90 Å². The number of nitrogens with zero attached hydrogens (tertiary/aromatic N) is 3. The number of aromatic amines is 1. The Balaban J connectivity index is 2.03. The Labute approximate surface area is 119 Å². The minimum absolute atomic E-state index is 0.187. The Morgan fingerprint density at radius 1 is 1.50 bits per heavy atom. The highest BCUT2D eigenvalue weighted by molar-refractivity contribution is 7.11. The van der Waals surface area contributed by atoms with E-state index >= 15 is 0 Å². The quantitative estimate of drug-likeness (QED) is 0.840. The summed E-state index contributed by atoms with van der Waals surface area (Å²) in [5.41, 5.74) is 1.13. The van der Waals surface area contributed by atoms with Crippen LogP contribution in [0.2, 0.25) is 0 Å². The highest BCUT2D eigenvalue weighted by atomic mass is 32.1. The number of ether oxygens (including phenoxy) is 1. The molecule has 0 atom stereocenters. The molecule has 0 aromatic carbocycles. The topological polar surface area (TPSA) is 88.2 Å². The summed E-state index contributed by atoms with van der Waals surface area (Å²) in [6.07, 6.45) is 3.36. The van der Waals surface area contributed by atoms with Crippen molar-refractivity contribution in [2.75, 3.05) is 13.7 Å². The van der Waals surface area contributed by atoms with Crippen LogP contribution >= 0.6 is 11.3 Å². The monoisotopic (exact) mass is 294 g/mol. The van der Waals surface area contributed by atoms with Crippen molar-refractivity contribution in [1.82, 2.24) is 20.1 Å². The third kappa shape index (κ3) is 3.21. The SMILES string of the molecule is CCOC(=O)c1nc(C(=O)N(C)Cc2cn[nH]c2)cs1. The molecule has 0 spiro atoms. The number of amides is 1. The first-order chi connectivity index (χ1) is 9.61. The van der Waals surface area contributed by atoms with Gasteiger partial charge < -0.3 is 9.64 Å². The summed E-state index contributed by atoms with van der Waals surface area (Å²) in [6.45, 7) is 2.42. The Morgan fingerprint density at radius 2 is 2.30 bits per heavy atom. The van der Waals surface area contributed by atoms with Crippen LogP contribution in [0.4, 0.5) is 0 Å². The second kappa shape index (κ2) is 6.29. The zero-order valence-electron chi connectivity index (χ0n) is 11.1. The van der Waals surface area contributed by atoms with Gasteiger partial charge >= 0.3 is 5.97 Å². The first-order valence-corrected chi connectivity index (χ1v) is 6.85. The predicted octanol–water partition coefficient (Wildman–Crippen LogP) is 1.32. The molecule has 0 bridgehead atoms. The smallest absolute Gasteiger partial charge is 0.367 e.